The number of barbiturate groups is 1. The molecule has 7 nitrogen and oxygen atoms in total. The molecule has 1 fully saturated rings. The van der Waals surface area contributed by atoms with Crippen LogP contribution in [0, 0.1) is 0 Å². The fraction of sp³-hybridized carbons (Fsp3) is 0.0870. The van der Waals surface area contributed by atoms with Crippen molar-refractivity contribution < 1.29 is 23.5 Å². The molecule has 1 aliphatic rings. The van der Waals surface area contributed by atoms with E-state index in [0.29, 0.717) is 28.2 Å². The molecule has 1 aliphatic heterocycles. The molecule has 4 amide bonds. The van der Waals surface area contributed by atoms with Crippen molar-refractivity contribution in [3.63, 3.8) is 0 Å². The van der Waals surface area contributed by atoms with Gasteiger partial charge in [-0.05, 0) is 57.4 Å². The van der Waals surface area contributed by atoms with Gasteiger partial charge in [-0.25, -0.2) is 4.79 Å². The first kappa shape index (κ1) is 20.6. The van der Waals surface area contributed by atoms with Gasteiger partial charge in [0.2, 0.25) is 0 Å². The molecule has 3 aromatic rings. The van der Waals surface area contributed by atoms with Crippen LogP contribution in [0.1, 0.15) is 16.9 Å². The summed E-state index contributed by atoms with van der Waals surface area (Å²) < 4.78 is 11.7. The molecule has 0 unspecified atom stereocenters. The maximum Gasteiger partial charge on any atom is 0.331 e. The summed E-state index contributed by atoms with van der Waals surface area (Å²) >= 11 is 3.46. The number of rotatable bonds is 6. The van der Waals surface area contributed by atoms with Gasteiger partial charge in [0.05, 0.1) is 17.3 Å². The van der Waals surface area contributed by atoms with Gasteiger partial charge in [-0.3, -0.25) is 19.8 Å². The minimum Gasteiger partial charge on any atom is -0.488 e. The number of halogens is 1. The Kier molecular flexibility index (Phi) is 5.99. The Morgan fingerprint density at radius 2 is 1.84 bits per heavy atom. The molecule has 0 aliphatic carbocycles. The number of furan rings is 1. The van der Waals surface area contributed by atoms with Crippen LogP contribution >= 0.6 is 15.9 Å². The van der Waals surface area contributed by atoms with Crippen molar-refractivity contribution in [1.29, 1.82) is 0 Å². The van der Waals surface area contributed by atoms with E-state index in [1.807, 2.05) is 30.3 Å². The molecular formula is C23H17BrN2O5. The van der Waals surface area contributed by atoms with Crippen LogP contribution in [0.25, 0.3) is 6.08 Å². The van der Waals surface area contributed by atoms with E-state index in [0.717, 1.165) is 10.5 Å². The third-order valence-corrected chi connectivity index (χ3v) is 5.20. The fourth-order valence-corrected chi connectivity index (χ4v) is 3.53. The molecule has 1 N–H and O–H groups in total. The van der Waals surface area contributed by atoms with Crippen molar-refractivity contribution in [3.8, 4) is 5.75 Å². The first-order valence-electron chi connectivity index (χ1n) is 9.39. The minimum absolute atomic E-state index is 0.0712. The largest absolute Gasteiger partial charge is 0.488 e. The molecule has 0 atom stereocenters. The van der Waals surface area contributed by atoms with Crippen LogP contribution in [-0.4, -0.2) is 22.7 Å². The Labute approximate surface area is 186 Å². The molecule has 1 saturated heterocycles. The summed E-state index contributed by atoms with van der Waals surface area (Å²) in [6.07, 6.45) is 2.88. The highest BCUT2D eigenvalue weighted by Gasteiger charge is 2.36. The number of ether oxygens (including phenoxy) is 1. The van der Waals surface area contributed by atoms with Crippen molar-refractivity contribution in [2.24, 2.45) is 0 Å². The summed E-state index contributed by atoms with van der Waals surface area (Å²) in [4.78, 5) is 38.1. The molecular weight excluding hydrogens is 464 g/mol. The standard InChI is InChI=1S/C23H17BrN2O5/c24-19-12-16(8-9-20(19)31-14-15-5-2-1-3-6-15)11-18-21(27)25-23(29)26(22(18)28)13-17-7-4-10-30-17/h1-12H,13-14H2,(H,25,27,29). The first-order valence-corrected chi connectivity index (χ1v) is 10.2. The van der Waals surface area contributed by atoms with Crippen molar-refractivity contribution in [2.45, 2.75) is 13.2 Å². The monoisotopic (exact) mass is 480 g/mol. The molecule has 2 heterocycles. The maximum atomic E-state index is 12.8. The Morgan fingerprint density at radius 1 is 1.03 bits per heavy atom. The lowest BCUT2D eigenvalue weighted by atomic mass is 10.1. The Morgan fingerprint density at radius 3 is 2.55 bits per heavy atom. The second kappa shape index (κ2) is 9.01. The molecule has 156 valence electrons. The van der Waals surface area contributed by atoms with Gasteiger partial charge in [0, 0.05) is 0 Å². The van der Waals surface area contributed by atoms with E-state index in [-0.39, 0.29) is 12.1 Å². The van der Waals surface area contributed by atoms with E-state index in [9.17, 15) is 14.4 Å². The van der Waals surface area contributed by atoms with Crippen LogP contribution in [0.15, 0.2) is 81.4 Å². The second-order valence-corrected chi connectivity index (χ2v) is 7.61. The summed E-state index contributed by atoms with van der Waals surface area (Å²) in [5.41, 5.74) is 1.49. The highest BCUT2D eigenvalue weighted by atomic mass is 79.9. The highest BCUT2D eigenvalue weighted by molar-refractivity contribution is 9.10. The van der Waals surface area contributed by atoms with Gasteiger partial charge in [-0.1, -0.05) is 36.4 Å². The van der Waals surface area contributed by atoms with E-state index in [1.54, 1.807) is 30.3 Å². The number of carbonyl (C=O) groups is 3. The van der Waals surface area contributed by atoms with E-state index in [1.165, 1.54) is 12.3 Å². The number of hydrogen-bond acceptors (Lipinski definition) is 5. The molecule has 31 heavy (non-hydrogen) atoms. The number of hydrogen-bond donors (Lipinski definition) is 1. The predicted molar refractivity (Wildman–Crippen MR) is 116 cm³/mol. The lowest BCUT2D eigenvalue weighted by Crippen LogP contribution is -2.53. The number of benzene rings is 2. The van der Waals surface area contributed by atoms with Crippen LogP contribution in [-0.2, 0) is 22.7 Å². The van der Waals surface area contributed by atoms with Crippen molar-refractivity contribution in [2.75, 3.05) is 0 Å². The van der Waals surface area contributed by atoms with E-state index in [2.05, 4.69) is 21.2 Å². The normalized spacial score (nSPS) is 15.3. The van der Waals surface area contributed by atoms with Gasteiger partial charge >= 0.3 is 6.03 Å². The van der Waals surface area contributed by atoms with E-state index < -0.39 is 17.8 Å². The lowest BCUT2D eigenvalue weighted by Gasteiger charge is -2.25. The number of amides is 4. The summed E-state index contributed by atoms with van der Waals surface area (Å²) in [6, 6.07) is 17.5. The first-order chi connectivity index (χ1) is 15.0. The zero-order chi connectivity index (χ0) is 21.8. The van der Waals surface area contributed by atoms with Crippen LogP contribution in [0.3, 0.4) is 0 Å². The SMILES string of the molecule is O=C1NC(=O)N(Cc2ccco2)C(=O)C1=Cc1ccc(OCc2ccccc2)c(Br)c1. The number of carbonyl (C=O) groups excluding carboxylic acids is 3. The van der Waals surface area contributed by atoms with Crippen molar-refractivity contribution >= 4 is 39.9 Å². The molecule has 1 aromatic heterocycles. The van der Waals surface area contributed by atoms with E-state index in [4.69, 9.17) is 9.15 Å². The second-order valence-electron chi connectivity index (χ2n) is 6.75. The summed E-state index contributed by atoms with van der Waals surface area (Å²) in [5, 5.41) is 2.19. The minimum atomic E-state index is -0.783. The maximum absolute atomic E-state index is 12.8. The smallest absolute Gasteiger partial charge is 0.331 e. The van der Waals surface area contributed by atoms with Crippen molar-refractivity contribution in [1.82, 2.24) is 10.2 Å². The van der Waals surface area contributed by atoms with Crippen LogP contribution in [0.4, 0.5) is 4.79 Å². The van der Waals surface area contributed by atoms with Gasteiger partial charge in [0.15, 0.2) is 0 Å². The topological polar surface area (TPSA) is 88.9 Å². The molecule has 4 rings (SSSR count). The van der Waals surface area contributed by atoms with E-state index >= 15 is 0 Å². The summed E-state index contributed by atoms with van der Waals surface area (Å²) in [5.74, 6) is -0.378. The number of nitrogens with one attached hydrogen (secondary N) is 1. The Bertz CT molecular complexity index is 1160. The van der Waals surface area contributed by atoms with Gasteiger partial charge < -0.3 is 9.15 Å². The molecule has 8 heteroatoms. The lowest BCUT2D eigenvalue weighted by molar-refractivity contribution is -0.130. The van der Waals surface area contributed by atoms with Gasteiger partial charge in [-0.2, -0.15) is 0 Å². The number of imide groups is 2. The predicted octanol–water partition coefficient (Wildman–Crippen LogP) is 4.28. The third-order valence-electron chi connectivity index (χ3n) is 4.58. The Balaban J connectivity index is 1.52. The summed E-state index contributed by atoms with van der Waals surface area (Å²) in [7, 11) is 0. The van der Waals surface area contributed by atoms with Gasteiger partial charge in [0.25, 0.3) is 11.8 Å². The van der Waals surface area contributed by atoms with Crippen LogP contribution in [0.5, 0.6) is 5.75 Å². The average molecular weight is 481 g/mol. The highest BCUT2D eigenvalue weighted by Crippen LogP contribution is 2.28. The molecule has 0 saturated carbocycles. The van der Waals surface area contributed by atoms with Crippen molar-refractivity contribution in [3.05, 3.63) is 93.9 Å². The molecule has 2 aromatic carbocycles. The summed E-state index contributed by atoms with van der Waals surface area (Å²) in [6.45, 7) is 0.336. The third kappa shape index (κ3) is 4.75. The molecule has 0 spiro atoms. The average Bonchev–Trinajstić information content (AvgIpc) is 3.27. The van der Waals surface area contributed by atoms with Gasteiger partial charge in [-0.15, -0.1) is 0 Å². The fourth-order valence-electron chi connectivity index (χ4n) is 3.02. The number of urea groups is 1. The molecule has 0 bridgehead atoms. The Hall–Kier alpha value is -3.65. The number of nitrogens with zero attached hydrogens (tertiary/aromatic N) is 1. The zero-order valence-corrected chi connectivity index (χ0v) is 17.8. The zero-order valence-electron chi connectivity index (χ0n) is 16.2. The van der Waals surface area contributed by atoms with Crippen LogP contribution < -0.4 is 10.1 Å². The van der Waals surface area contributed by atoms with Gasteiger partial charge in [0.1, 0.15) is 23.7 Å². The quantitative estimate of drug-likeness (QED) is 0.420. The molecule has 0 radical (unpaired) electrons. The van der Waals surface area contributed by atoms with Crippen LogP contribution in [0.2, 0.25) is 0 Å².